The summed E-state index contributed by atoms with van der Waals surface area (Å²) in [6.45, 7) is 0. The molecular formula is C15H12F2N4O2. The third-order valence-electron chi connectivity index (χ3n) is 3.26. The van der Waals surface area contributed by atoms with Crippen LogP contribution in [0, 0.1) is 11.6 Å². The van der Waals surface area contributed by atoms with Crippen LogP contribution in [0.5, 0.6) is 5.75 Å². The number of ether oxygens (including phenoxy) is 1. The molecule has 0 aliphatic carbocycles. The van der Waals surface area contributed by atoms with Crippen molar-refractivity contribution in [3.63, 3.8) is 0 Å². The maximum atomic E-state index is 14.0. The fourth-order valence-electron chi connectivity index (χ4n) is 2.08. The second-order valence-corrected chi connectivity index (χ2v) is 4.72. The van der Waals surface area contributed by atoms with E-state index in [1.807, 2.05) is 0 Å². The number of halogens is 2. The van der Waals surface area contributed by atoms with Gasteiger partial charge in [-0.3, -0.25) is 4.98 Å². The molecule has 0 amide bonds. The molecule has 0 spiro atoms. The fraction of sp³-hybridized carbons (Fsp3) is 0.133. The Morgan fingerprint density at radius 1 is 1.26 bits per heavy atom. The first-order valence-corrected chi connectivity index (χ1v) is 6.64. The summed E-state index contributed by atoms with van der Waals surface area (Å²) < 4.78 is 33.5. The molecule has 0 aliphatic heterocycles. The van der Waals surface area contributed by atoms with E-state index in [9.17, 15) is 13.9 Å². The van der Waals surface area contributed by atoms with Crippen LogP contribution in [-0.2, 0) is 0 Å². The molecule has 0 saturated carbocycles. The van der Waals surface area contributed by atoms with Crippen molar-refractivity contribution in [2.45, 2.75) is 6.10 Å². The number of aromatic nitrogens is 4. The SMILES string of the molecule is COc1cc(F)c(-n2cc(C(O)c3cccnc3)nn2)cc1F. The van der Waals surface area contributed by atoms with E-state index in [2.05, 4.69) is 15.3 Å². The number of methoxy groups -OCH3 is 1. The van der Waals surface area contributed by atoms with Crippen LogP contribution < -0.4 is 4.74 Å². The highest BCUT2D eigenvalue weighted by atomic mass is 19.1. The van der Waals surface area contributed by atoms with Gasteiger partial charge in [-0.25, -0.2) is 13.5 Å². The maximum Gasteiger partial charge on any atom is 0.167 e. The molecule has 2 aromatic heterocycles. The van der Waals surface area contributed by atoms with E-state index in [-0.39, 0.29) is 17.1 Å². The van der Waals surface area contributed by atoms with E-state index < -0.39 is 17.7 Å². The van der Waals surface area contributed by atoms with E-state index in [1.165, 1.54) is 19.5 Å². The summed E-state index contributed by atoms with van der Waals surface area (Å²) in [6, 6.07) is 5.21. The van der Waals surface area contributed by atoms with E-state index in [4.69, 9.17) is 4.74 Å². The van der Waals surface area contributed by atoms with Crippen molar-refractivity contribution < 1.29 is 18.6 Å². The Bertz CT molecular complexity index is 824. The largest absolute Gasteiger partial charge is 0.494 e. The Kier molecular flexibility index (Phi) is 3.98. The van der Waals surface area contributed by atoms with Crippen LogP contribution in [0.2, 0.25) is 0 Å². The quantitative estimate of drug-likeness (QED) is 0.797. The predicted octanol–water partition coefficient (Wildman–Crippen LogP) is 2.03. The van der Waals surface area contributed by atoms with E-state index in [1.54, 1.807) is 18.3 Å². The molecule has 8 heteroatoms. The van der Waals surface area contributed by atoms with Crippen LogP contribution in [0.15, 0.2) is 42.9 Å². The summed E-state index contributed by atoms with van der Waals surface area (Å²) in [7, 11) is 1.25. The summed E-state index contributed by atoms with van der Waals surface area (Å²) in [6.07, 6.45) is 3.31. The number of hydrogen-bond donors (Lipinski definition) is 1. The lowest BCUT2D eigenvalue weighted by atomic mass is 10.1. The highest BCUT2D eigenvalue weighted by molar-refractivity contribution is 5.40. The van der Waals surface area contributed by atoms with Crippen molar-refractivity contribution in [1.82, 2.24) is 20.0 Å². The number of hydrogen-bond acceptors (Lipinski definition) is 5. The lowest BCUT2D eigenvalue weighted by molar-refractivity contribution is 0.214. The van der Waals surface area contributed by atoms with Crippen LogP contribution in [-0.4, -0.2) is 32.2 Å². The topological polar surface area (TPSA) is 73.1 Å². The molecule has 6 nitrogen and oxygen atoms in total. The molecule has 1 aromatic carbocycles. The van der Waals surface area contributed by atoms with Gasteiger partial charge in [0.15, 0.2) is 17.4 Å². The Balaban J connectivity index is 1.95. The van der Waals surface area contributed by atoms with Gasteiger partial charge >= 0.3 is 0 Å². The van der Waals surface area contributed by atoms with Crippen LogP contribution in [0.25, 0.3) is 5.69 Å². The molecule has 3 rings (SSSR count). The summed E-state index contributed by atoms with van der Waals surface area (Å²) in [5.74, 6) is -1.66. The Morgan fingerprint density at radius 3 is 2.78 bits per heavy atom. The molecule has 23 heavy (non-hydrogen) atoms. The molecule has 0 radical (unpaired) electrons. The predicted molar refractivity (Wildman–Crippen MR) is 76.1 cm³/mol. The molecule has 3 aromatic rings. The van der Waals surface area contributed by atoms with Gasteiger partial charge in [0, 0.05) is 30.1 Å². The average Bonchev–Trinajstić information content (AvgIpc) is 3.06. The molecule has 0 aliphatic rings. The lowest BCUT2D eigenvalue weighted by Crippen LogP contribution is -2.02. The van der Waals surface area contributed by atoms with Gasteiger partial charge in [0.2, 0.25) is 0 Å². The van der Waals surface area contributed by atoms with Gasteiger partial charge in [0.25, 0.3) is 0 Å². The molecule has 1 N–H and O–H groups in total. The van der Waals surface area contributed by atoms with Gasteiger partial charge in [-0.05, 0) is 6.07 Å². The van der Waals surface area contributed by atoms with Crippen molar-refractivity contribution in [1.29, 1.82) is 0 Å². The first-order valence-electron chi connectivity index (χ1n) is 6.64. The molecule has 118 valence electrons. The van der Waals surface area contributed by atoms with Gasteiger partial charge in [-0.1, -0.05) is 11.3 Å². The van der Waals surface area contributed by atoms with Gasteiger partial charge < -0.3 is 9.84 Å². The van der Waals surface area contributed by atoms with Gasteiger partial charge in [-0.15, -0.1) is 5.10 Å². The van der Waals surface area contributed by atoms with Gasteiger partial charge in [0.1, 0.15) is 17.5 Å². The smallest absolute Gasteiger partial charge is 0.167 e. The van der Waals surface area contributed by atoms with Gasteiger partial charge in [-0.2, -0.15) is 0 Å². The highest BCUT2D eigenvalue weighted by Gasteiger charge is 2.18. The zero-order chi connectivity index (χ0) is 16.4. The summed E-state index contributed by atoms with van der Waals surface area (Å²) in [5.41, 5.74) is 0.565. The average molecular weight is 318 g/mol. The summed E-state index contributed by atoms with van der Waals surface area (Å²) >= 11 is 0. The zero-order valence-corrected chi connectivity index (χ0v) is 12.0. The maximum absolute atomic E-state index is 14.0. The van der Waals surface area contributed by atoms with Gasteiger partial charge in [0.05, 0.1) is 13.3 Å². The number of aliphatic hydroxyl groups excluding tert-OH is 1. The minimum absolute atomic E-state index is 0.138. The molecule has 1 atom stereocenters. The minimum atomic E-state index is -1.07. The fourth-order valence-corrected chi connectivity index (χ4v) is 2.08. The molecular weight excluding hydrogens is 306 g/mol. The summed E-state index contributed by atoms with van der Waals surface area (Å²) in [5, 5.41) is 17.7. The Hall–Kier alpha value is -2.87. The van der Waals surface area contributed by atoms with Crippen molar-refractivity contribution in [2.75, 3.05) is 7.11 Å². The third-order valence-corrected chi connectivity index (χ3v) is 3.26. The normalized spacial score (nSPS) is 12.2. The van der Waals surface area contributed by atoms with Crippen LogP contribution >= 0.6 is 0 Å². The Morgan fingerprint density at radius 2 is 2.09 bits per heavy atom. The van der Waals surface area contributed by atoms with Crippen molar-refractivity contribution in [3.8, 4) is 11.4 Å². The molecule has 0 fully saturated rings. The number of aliphatic hydroxyl groups is 1. The second kappa shape index (κ2) is 6.09. The first kappa shape index (κ1) is 15.0. The number of benzene rings is 1. The van der Waals surface area contributed by atoms with E-state index in [0.29, 0.717) is 5.56 Å². The molecule has 0 bridgehead atoms. The number of pyridine rings is 1. The number of rotatable bonds is 4. The van der Waals surface area contributed by atoms with Crippen molar-refractivity contribution in [3.05, 3.63) is 65.7 Å². The standard InChI is InChI=1S/C15H12F2N4O2/c1-23-14-6-10(16)13(5-11(14)17)21-8-12(19-20-21)15(22)9-3-2-4-18-7-9/h2-8,15,22H,1H3. The van der Waals surface area contributed by atoms with Crippen molar-refractivity contribution in [2.24, 2.45) is 0 Å². The van der Waals surface area contributed by atoms with Crippen LogP contribution in [0.3, 0.4) is 0 Å². The van der Waals surface area contributed by atoms with Crippen LogP contribution in [0.4, 0.5) is 8.78 Å². The number of nitrogens with zero attached hydrogens (tertiary/aromatic N) is 4. The molecule has 1 unspecified atom stereocenters. The lowest BCUT2D eigenvalue weighted by Gasteiger charge is -2.07. The highest BCUT2D eigenvalue weighted by Crippen LogP contribution is 2.25. The molecule has 0 saturated heterocycles. The Labute approximate surface area is 130 Å². The monoisotopic (exact) mass is 318 g/mol. The van der Waals surface area contributed by atoms with Crippen molar-refractivity contribution >= 4 is 0 Å². The minimum Gasteiger partial charge on any atom is -0.494 e. The zero-order valence-electron chi connectivity index (χ0n) is 12.0. The molecule has 2 heterocycles. The van der Waals surface area contributed by atoms with E-state index >= 15 is 0 Å². The second-order valence-electron chi connectivity index (χ2n) is 4.72. The first-order chi connectivity index (χ1) is 11.1. The van der Waals surface area contributed by atoms with Crippen LogP contribution in [0.1, 0.15) is 17.4 Å². The van der Waals surface area contributed by atoms with E-state index in [0.717, 1.165) is 16.8 Å². The third kappa shape index (κ3) is 2.88. The summed E-state index contributed by atoms with van der Waals surface area (Å²) in [4.78, 5) is 3.90.